The van der Waals surface area contributed by atoms with Crippen molar-refractivity contribution in [3.05, 3.63) is 18.2 Å². The molecule has 0 radical (unpaired) electrons. The van der Waals surface area contributed by atoms with Gasteiger partial charge in [0.15, 0.2) is 0 Å². The molecule has 0 bridgehead atoms. The Kier molecular flexibility index (Phi) is 6.83. The Morgan fingerprint density at radius 1 is 1.33 bits per heavy atom. The number of hydrogen-bond donors (Lipinski definition) is 0. The molecule has 5 heteroatoms. The van der Waals surface area contributed by atoms with Crippen LogP contribution in [0.25, 0.3) is 0 Å². The Bertz CT molecular complexity index is 348. The minimum atomic E-state index is 0.351. The van der Waals surface area contributed by atoms with Gasteiger partial charge in [-0.1, -0.05) is 6.07 Å². The molecule has 1 aromatic heterocycles. The third-order valence-electron chi connectivity index (χ3n) is 2.53. The van der Waals surface area contributed by atoms with E-state index in [9.17, 15) is 0 Å². The molecular formula is C13H21ClN2O2. The van der Waals surface area contributed by atoms with Crippen LogP contribution in [0.4, 0.5) is 5.82 Å². The quantitative estimate of drug-likeness (QED) is 0.538. The second kappa shape index (κ2) is 8.16. The zero-order valence-electron chi connectivity index (χ0n) is 11.2. The average Bonchev–Trinajstić information content (AvgIpc) is 2.38. The van der Waals surface area contributed by atoms with Gasteiger partial charge < -0.3 is 14.4 Å². The van der Waals surface area contributed by atoms with E-state index in [0.29, 0.717) is 31.0 Å². The van der Waals surface area contributed by atoms with E-state index >= 15 is 0 Å². The second-order valence-corrected chi connectivity index (χ2v) is 4.50. The first-order valence-corrected chi connectivity index (χ1v) is 6.64. The highest BCUT2D eigenvalue weighted by Gasteiger charge is 2.12. The standard InChI is InChI=1S/C13H21ClN2O2/c1-11(2)16(8-10-18-9-7-14)12-5-4-6-13(15-12)17-3/h4-6,11H,7-10H2,1-3H3. The number of anilines is 1. The van der Waals surface area contributed by atoms with Gasteiger partial charge in [0, 0.05) is 24.5 Å². The lowest BCUT2D eigenvalue weighted by atomic mass is 10.3. The first-order valence-electron chi connectivity index (χ1n) is 6.10. The van der Waals surface area contributed by atoms with Gasteiger partial charge in [0.1, 0.15) is 5.82 Å². The molecule has 0 spiro atoms. The van der Waals surface area contributed by atoms with E-state index in [1.54, 1.807) is 7.11 Å². The van der Waals surface area contributed by atoms with E-state index in [4.69, 9.17) is 21.1 Å². The molecule has 0 fully saturated rings. The van der Waals surface area contributed by atoms with Gasteiger partial charge in [0.05, 0.1) is 20.3 Å². The highest BCUT2D eigenvalue weighted by molar-refractivity contribution is 6.17. The van der Waals surface area contributed by atoms with Gasteiger partial charge in [-0.05, 0) is 19.9 Å². The number of nitrogens with zero attached hydrogens (tertiary/aromatic N) is 2. The normalized spacial score (nSPS) is 10.7. The van der Waals surface area contributed by atoms with Crippen LogP contribution >= 0.6 is 11.6 Å². The Balaban J connectivity index is 2.65. The maximum absolute atomic E-state index is 5.57. The monoisotopic (exact) mass is 272 g/mol. The number of aromatic nitrogens is 1. The molecule has 18 heavy (non-hydrogen) atoms. The van der Waals surface area contributed by atoms with Crippen LogP contribution in [0.3, 0.4) is 0 Å². The van der Waals surface area contributed by atoms with Crippen LogP contribution < -0.4 is 9.64 Å². The smallest absolute Gasteiger partial charge is 0.214 e. The molecule has 0 saturated heterocycles. The lowest BCUT2D eigenvalue weighted by Gasteiger charge is -2.27. The first kappa shape index (κ1) is 15.1. The number of methoxy groups -OCH3 is 1. The van der Waals surface area contributed by atoms with Crippen LogP contribution in [0.5, 0.6) is 5.88 Å². The molecule has 1 rings (SSSR count). The van der Waals surface area contributed by atoms with Crippen LogP contribution in [-0.4, -0.2) is 43.8 Å². The van der Waals surface area contributed by atoms with Gasteiger partial charge in [-0.25, -0.2) is 0 Å². The van der Waals surface area contributed by atoms with Crippen molar-refractivity contribution >= 4 is 17.4 Å². The van der Waals surface area contributed by atoms with Gasteiger partial charge in [-0.3, -0.25) is 0 Å². The zero-order chi connectivity index (χ0) is 13.4. The average molecular weight is 273 g/mol. The van der Waals surface area contributed by atoms with E-state index in [0.717, 1.165) is 12.4 Å². The molecular weight excluding hydrogens is 252 g/mol. The van der Waals surface area contributed by atoms with E-state index in [1.165, 1.54) is 0 Å². The summed E-state index contributed by atoms with van der Waals surface area (Å²) in [6.45, 7) is 6.27. The van der Waals surface area contributed by atoms with Crippen LogP contribution in [0.2, 0.25) is 0 Å². The molecule has 0 aromatic carbocycles. The molecule has 0 unspecified atom stereocenters. The molecule has 0 saturated carbocycles. The number of hydrogen-bond acceptors (Lipinski definition) is 4. The Morgan fingerprint density at radius 2 is 2.11 bits per heavy atom. The molecule has 0 N–H and O–H groups in total. The third kappa shape index (κ3) is 4.70. The molecule has 0 aliphatic carbocycles. The Morgan fingerprint density at radius 3 is 2.72 bits per heavy atom. The number of pyridine rings is 1. The van der Waals surface area contributed by atoms with Crippen molar-refractivity contribution in [2.24, 2.45) is 0 Å². The molecule has 0 aliphatic heterocycles. The van der Waals surface area contributed by atoms with E-state index in [2.05, 4.69) is 23.7 Å². The van der Waals surface area contributed by atoms with Gasteiger partial charge >= 0.3 is 0 Å². The number of halogens is 1. The fraction of sp³-hybridized carbons (Fsp3) is 0.615. The molecule has 4 nitrogen and oxygen atoms in total. The van der Waals surface area contributed by atoms with Crippen molar-refractivity contribution in [1.29, 1.82) is 0 Å². The highest BCUT2D eigenvalue weighted by Crippen LogP contribution is 2.17. The summed E-state index contributed by atoms with van der Waals surface area (Å²) < 4.78 is 10.6. The maximum atomic E-state index is 5.57. The van der Waals surface area contributed by atoms with Gasteiger partial charge in [-0.2, -0.15) is 4.98 Å². The molecule has 0 amide bonds. The summed E-state index contributed by atoms with van der Waals surface area (Å²) in [6, 6.07) is 6.11. The molecule has 1 heterocycles. The molecule has 102 valence electrons. The second-order valence-electron chi connectivity index (χ2n) is 4.13. The summed E-state index contributed by atoms with van der Waals surface area (Å²) in [4.78, 5) is 6.61. The molecule has 0 aliphatic rings. The van der Waals surface area contributed by atoms with Crippen LogP contribution in [0.15, 0.2) is 18.2 Å². The summed E-state index contributed by atoms with van der Waals surface area (Å²) in [5.41, 5.74) is 0. The van der Waals surface area contributed by atoms with Crippen LogP contribution in [-0.2, 0) is 4.74 Å². The number of alkyl halides is 1. The highest BCUT2D eigenvalue weighted by atomic mass is 35.5. The van der Waals surface area contributed by atoms with Gasteiger partial charge in [0.2, 0.25) is 5.88 Å². The fourth-order valence-corrected chi connectivity index (χ4v) is 1.74. The summed E-state index contributed by atoms with van der Waals surface area (Å²) in [5, 5.41) is 0. The summed E-state index contributed by atoms with van der Waals surface area (Å²) >= 11 is 5.57. The van der Waals surface area contributed by atoms with Crippen molar-refractivity contribution < 1.29 is 9.47 Å². The summed E-state index contributed by atoms with van der Waals surface area (Å²) in [6.07, 6.45) is 0. The van der Waals surface area contributed by atoms with E-state index < -0.39 is 0 Å². The zero-order valence-corrected chi connectivity index (χ0v) is 12.0. The van der Waals surface area contributed by atoms with E-state index in [-0.39, 0.29) is 0 Å². The van der Waals surface area contributed by atoms with Crippen molar-refractivity contribution in [2.45, 2.75) is 19.9 Å². The number of rotatable bonds is 8. The van der Waals surface area contributed by atoms with Crippen molar-refractivity contribution in [1.82, 2.24) is 4.98 Å². The topological polar surface area (TPSA) is 34.6 Å². The SMILES string of the molecule is COc1cccc(N(CCOCCCl)C(C)C)n1. The molecule has 0 atom stereocenters. The predicted molar refractivity (Wildman–Crippen MR) is 74.8 cm³/mol. The minimum Gasteiger partial charge on any atom is -0.481 e. The van der Waals surface area contributed by atoms with E-state index in [1.807, 2.05) is 18.2 Å². The fourth-order valence-electron chi connectivity index (χ4n) is 1.63. The van der Waals surface area contributed by atoms with Crippen LogP contribution in [0, 0.1) is 0 Å². The Hall–Kier alpha value is -1.00. The first-order chi connectivity index (χ1) is 8.69. The lowest BCUT2D eigenvalue weighted by Crippen LogP contribution is -2.34. The van der Waals surface area contributed by atoms with Crippen molar-refractivity contribution in [3.63, 3.8) is 0 Å². The minimum absolute atomic E-state index is 0.351. The van der Waals surface area contributed by atoms with Gasteiger partial charge in [-0.15, -0.1) is 11.6 Å². The summed E-state index contributed by atoms with van der Waals surface area (Å²) in [7, 11) is 1.62. The van der Waals surface area contributed by atoms with Crippen molar-refractivity contribution in [2.75, 3.05) is 37.6 Å². The van der Waals surface area contributed by atoms with Crippen LogP contribution in [0.1, 0.15) is 13.8 Å². The summed E-state index contributed by atoms with van der Waals surface area (Å²) in [5.74, 6) is 2.05. The predicted octanol–water partition coefficient (Wildman–Crippen LogP) is 2.56. The Labute approximate surface area is 114 Å². The lowest BCUT2D eigenvalue weighted by molar-refractivity contribution is 0.154. The largest absolute Gasteiger partial charge is 0.481 e. The molecule has 1 aromatic rings. The maximum Gasteiger partial charge on any atom is 0.214 e. The number of ether oxygens (including phenoxy) is 2. The van der Waals surface area contributed by atoms with Gasteiger partial charge in [0.25, 0.3) is 0 Å². The third-order valence-corrected chi connectivity index (χ3v) is 2.69. The van der Waals surface area contributed by atoms with Crippen molar-refractivity contribution in [3.8, 4) is 5.88 Å².